The SMILES string of the molecule is CC(C)(C)c1cc(-c2cccc(-c3cc(N4CCCC4=O)c(-c4cccc(-c5cc(C(C)(C)C)cc(C(C)(C)C)c5)c4)cc3N3CCCC3=O)c2)cc(C(C)(C)C)c1. The van der Waals surface area contributed by atoms with E-state index in [4.69, 9.17) is 0 Å². The molecule has 0 spiro atoms. The van der Waals surface area contributed by atoms with Crippen molar-refractivity contribution in [1.82, 2.24) is 0 Å². The van der Waals surface area contributed by atoms with Crippen molar-refractivity contribution in [1.29, 1.82) is 0 Å². The number of rotatable bonds is 6. The average molecular weight is 773 g/mol. The summed E-state index contributed by atoms with van der Waals surface area (Å²) < 4.78 is 0. The first kappa shape index (κ1) is 41.2. The third kappa shape index (κ3) is 8.44. The molecule has 5 aromatic carbocycles. The molecule has 2 saturated heterocycles. The second-order valence-electron chi connectivity index (χ2n) is 20.9. The van der Waals surface area contributed by atoms with Crippen LogP contribution in [0.1, 0.15) is 131 Å². The molecule has 5 aromatic rings. The number of benzene rings is 5. The average Bonchev–Trinajstić information content (AvgIpc) is 3.80. The van der Waals surface area contributed by atoms with Crippen LogP contribution in [0, 0.1) is 0 Å². The first-order chi connectivity index (χ1) is 27.1. The molecule has 0 unspecified atom stereocenters. The predicted octanol–water partition coefficient (Wildman–Crippen LogP) is 13.8. The van der Waals surface area contributed by atoms with Gasteiger partial charge in [0.1, 0.15) is 0 Å². The van der Waals surface area contributed by atoms with Crippen LogP contribution < -0.4 is 9.80 Å². The van der Waals surface area contributed by atoms with Gasteiger partial charge in [0.15, 0.2) is 0 Å². The van der Waals surface area contributed by atoms with Gasteiger partial charge in [-0.1, -0.05) is 156 Å². The molecular weight excluding hydrogens is 709 g/mol. The van der Waals surface area contributed by atoms with Gasteiger partial charge in [-0.3, -0.25) is 9.59 Å². The van der Waals surface area contributed by atoms with E-state index in [1.807, 2.05) is 9.80 Å². The van der Waals surface area contributed by atoms with Gasteiger partial charge in [-0.05, 0) is 114 Å². The number of amides is 2. The van der Waals surface area contributed by atoms with E-state index in [2.05, 4.69) is 180 Å². The first-order valence-electron chi connectivity index (χ1n) is 21.4. The molecule has 0 radical (unpaired) electrons. The molecule has 7 rings (SSSR count). The monoisotopic (exact) mass is 772 g/mol. The third-order valence-corrected chi connectivity index (χ3v) is 12.2. The smallest absolute Gasteiger partial charge is 0.227 e. The van der Waals surface area contributed by atoms with Crippen LogP contribution in [0.4, 0.5) is 11.4 Å². The molecule has 0 bridgehead atoms. The zero-order chi connectivity index (χ0) is 41.9. The van der Waals surface area contributed by atoms with Gasteiger partial charge in [-0.25, -0.2) is 0 Å². The summed E-state index contributed by atoms with van der Waals surface area (Å²) in [4.78, 5) is 31.3. The predicted molar refractivity (Wildman–Crippen MR) is 246 cm³/mol. The van der Waals surface area contributed by atoms with Gasteiger partial charge >= 0.3 is 0 Å². The van der Waals surface area contributed by atoms with Crippen LogP contribution in [0.15, 0.2) is 97.1 Å². The van der Waals surface area contributed by atoms with Gasteiger partial charge in [0.05, 0.1) is 11.4 Å². The number of hydrogen-bond donors (Lipinski definition) is 0. The van der Waals surface area contributed by atoms with Crippen LogP contribution in [-0.2, 0) is 31.2 Å². The summed E-state index contributed by atoms with van der Waals surface area (Å²) in [6, 6.07) is 36.0. The minimum absolute atomic E-state index is 0.00845. The Balaban J connectivity index is 1.44. The van der Waals surface area contributed by atoms with Gasteiger partial charge in [0.2, 0.25) is 11.8 Å². The highest BCUT2D eigenvalue weighted by molar-refractivity contribution is 6.06. The summed E-state index contributed by atoms with van der Waals surface area (Å²) in [5.74, 6) is 0.284. The number of anilines is 2. The minimum atomic E-state index is -0.00845. The lowest BCUT2D eigenvalue weighted by Crippen LogP contribution is -2.27. The lowest BCUT2D eigenvalue weighted by molar-refractivity contribution is -0.117. The summed E-state index contributed by atoms with van der Waals surface area (Å²) in [6.45, 7) is 28.7. The van der Waals surface area contributed by atoms with Gasteiger partial charge in [-0.2, -0.15) is 0 Å². The number of nitrogens with zero attached hydrogens (tertiary/aromatic N) is 2. The maximum atomic E-state index is 13.7. The molecule has 0 aromatic heterocycles. The Morgan fingerprint density at radius 1 is 0.379 bits per heavy atom. The van der Waals surface area contributed by atoms with Crippen molar-refractivity contribution >= 4 is 23.2 Å². The Labute approximate surface area is 348 Å². The quantitative estimate of drug-likeness (QED) is 0.172. The van der Waals surface area contributed by atoms with E-state index in [1.54, 1.807) is 0 Å². The molecule has 2 aliphatic rings. The molecule has 0 saturated carbocycles. The van der Waals surface area contributed by atoms with Crippen LogP contribution >= 0.6 is 0 Å². The van der Waals surface area contributed by atoms with Gasteiger partial charge in [0.25, 0.3) is 0 Å². The summed E-state index contributed by atoms with van der Waals surface area (Å²) >= 11 is 0. The van der Waals surface area contributed by atoms with Crippen molar-refractivity contribution in [3.63, 3.8) is 0 Å². The van der Waals surface area contributed by atoms with Gasteiger partial charge < -0.3 is 9.80 Å². The molecule has 302 valence electrons. The van der Waals surface area contributed by atoms with E-state index < -0.39 is 0 Å². The summed E-state index contributed by atoms with van der Waals surface area (Å²) in [7, 11) is 0. The van der Waals surface area contributed by atoms with Crippen molar-refractivity contribution in [3.05, 3.63) is 119 Å². The van der Waals surface area contributed by atoms with E-state index >= 15 is 0 Å². The lowest BCUT2D eigenvalue weighted by atomic mass is 9.78. The van der Waals surface area contributed by atoms with Crippen LogP contribution in [0.2, 0.25) is 0 Å². The van der Waals surface area contributed by atoms with Crippen molar-refractivity contribution < 1.29 is 9.59 Å². The summed E-state index contributed by atoms with van der Waals surface area (Å²) in [5, 5.41) is 0. The second-order valence-corrected chi connectivity index (χ2v) is 20.9. The number of carbonyl (C=O) groups is 2. The number of hydrogen-bond acceptors (Lipinski definition) is 2. The molecule has 2 aliphatic heterocycles. The third-order valence-electron chi connectivity index (χ3n) is 12.2. The fraction of sp³-hybridized carbons (Fsp3) is 0.407. The fourth-order valence-electron chi connectivity index (χ4n) is 8.34. The molecule has 0 aliphatic carbocycles. The number of carbonyl (C=O) groups excluding carboxylic acids is 2. The standard InChI is InChI=1S/C54H64N2O2/c1-51(2,3)41-27-39(28-42(31-41)52(4,5)6)35-17-13-19-37(25-35)45-33-48(56-24-16-22-50(56)58)46(34-47(45)55-23-15-21-49(55)57)38-20-14-18-36(26-38)40-29-43(53(7,8)9)32-44(30-40)54(10,11)12/h13-14,17-20,25-34H,15-16,21-24H2,1-12H3. The van der Waals surface area contributed by atoms with E-state index in [1.165, 1.54) is 33.4 Å². The molecule has 0 atom stereocenters. The molecule has 4 heteroatoms. The van der Waals surface area contributed by atoms with Crippen LogP contribution in [0.3, 0.4) is 0 Å². The zero-order valence-electron chi connectivity index (χ0n) is 37.2. The summed E-state index contributed by atoms with van der Waals surface area (Å²) in [5.41, 5.74) is 15.7. The first-order valence-corrected chi connectivity index (χ1v) is 21.4. The van der Waals surface area contributed by atoms with E-state index in [9.17, 15) is 9.59 Å². The lowest BCUT2D eigenvalue weighted by Gasteiger charge is -2.28. The molecule has 4 nitrogen and oxygen atoms in total. The Morgan fingerprint density at radius 3 is 0.966 bits per heavy atom. The second kappa shape index (κ2) is 15.0. The Morgan fingerprint density at radius 2 is 0.690 bits per heavy atom. The molecular formula is C54H64N2O2. The zero-order valence-corrected chi connectivity index (χ0v) is 37.2. The van der Waals surface area contributed by atoms with Crippen LogP contribution in [-0.4, -0.2) is 24.9 Å². The normalized spacial score (nSPS) is 15.5. The summed E-state index contributed by atoms with van der Waals surface area (Å²) in [6.07, 6.45) is 2.72. The van der Waals surface area contributed by atoms with Crippen molar-refractivity contribution in [3.8, 4) is 44.5 Å². The highest BCUT2D eigenvalue weighted by atomic mass is 16.2. The largest absolute Gasteiger partial charge is 0.312 e. The maximum absolute atomic E-state index is 13.7. The van der Waals surface area contributed by atoms with Crippen molar-refractivity contribution in [2.75, 3.05) is 22.9 Å². The molecule has 2 fully saturated rings. The minimum Gasteiger partial charge on any atom is -0.312 e. The van der Waals surface area contributed by atoms with E-state index in [-0.39, 0.29) is 33.5 Å². The Hall–Kier alpha value is -4.96. The maximum Gasteiger partial charge on any atom is 0.227 e. The van der Waals surface area contributed by atoms with Gasteiger partial charge in [-0.15, -0.1) is 0 Å². The van der Waals surface area contributed by atoms with Crippen LogP contribution in [0.25, 0.3) is 44.5 Å². The molecule has 0 N–H and O–H groups in total. The van der Waals surface area contributed by atoms with Crippen molar-refractivity contribution in [2.24, 2.45) is 0 Å². The molecule has 58 heavy (non-hydrogen) atoms. The Bertz CT molecular complexity index is 2160. The fourth-order valence-corrected chi connectivity index (χ4v) is 8.34. The van der Waals surface area contributed by atoms with Gasteiger partial charge in [0, 0.05) is 37.1 Å². The van der Waals surface area contributed by atoms with E-state index in [0.717, 1.165) is 57.6 Å². The Kier molecular flexibility index (Phi) is 10.7. The van der Waals surface area contributed by atoms with Crippen molar-refractivity contribution in [2.45, 2.75) is 130 Å². The topological polar surface area (TPSA) is 40.6 Å². The van der Waals surface area contributed by atoms with Crippen LogP contribution in [0.5, 0.6) is 0 Å². The van der Waals surface area contributed by atoms with E-state index in [0.29, 0.717) is 25.9 Å². The highest BCUT2D eigenvalue weighted by Crippen LogP contribution is 2.46. The molecule has 2 amide bonds. The molecule has 2 heterocycles. The highest BCUT2D eigenvalue weighted by Gasteiger charge is 2.31.